The minimum atomic E-state index is -1.16. The van der Waals surface area contributed by atoms with Crippen molar-refractivity contribution >= 4 is 39.5 Å². The number of nitrogens with two attached hydrogens (primary N) is 1. The van der Waals surface area contributed by atoms with Gasteiger partial charge in [0, 0.05) is 41.3 Å². The molecular weight excluding hydrogens is 528 g/mol. The Labute approximate surface area is 227 Å². The van der Waals surface area contributed by atoms with Gasteiger partial charge < -0.3 is 24.9 Å². The van der Waals surface area contributed by atoms with Crippen LogP contribution in [0.25, 0.3) is 11.0 Å². The normalized spacial score (nSPS) is 23.0. The number of aliphatic imine (C=N–C) groups is 1. The summed E-state index contributed by atoms with van der Waals surface area (Å²) in [6.07, 6.45) is 5.76. The van der Waals surface area contributed by atoms with Crippen LogP contribution in [0.15, 0.2) is 52.7 Å². The Morgan fingerprint density at radius 3 is 2.77 bits per heavy atom. The zero-order valence-electron chi connectivity index (χ0n) is 21.7. The Hall–Kier alpha value is -3.84. The Balaban J connectivity index is 1.48. The highest BCUT2D eigenvalue weighted by Crippen LogP contribution is 2.51. The Morgan fingerprint density at radius 1 is 1.21 bits per heavy atom. The molecule has 0 fully saturated rings. The molecule has 0 spiro atoms. The maximum Gasteiger partial charge on any atom is 0.233 e. The average Bonchev–Trinajstić information content (AvgIpc) is 3.42. The number of ether oxygens (including phenoxy) is 2. The minimum absolute atomic E-state index is 0.0675. The van der Waals surface area contributed by atoms with Gasteiger partial charge >= 0.3 is 0 Å². The highest BCUT2D eigenvalue weighted by Gasteiger charge is 2.50. The van der Waals surface area contributed by atoms with Crippen molar-refractivity contribution in [2.45, 2.75) is 37.7 Å². The van der Waals surface area contributed by atoms with Gasteiger partial charge in [-0.15, -0.1) is 0 Å². The number of benzene rings is 1. The molecule has 4 heterocycles. The fraction of sp³-hybridized carbons (Fsp3) is 0.346. The fourth-order valence-electron chi connectivity index (χ4n) is 4.72. The second-order valence-electron chi connectivity index (χ2n) is 9.62. The first-order valence-corrected chi connectivity index (χ1v) is 12.9. The molecule has 0 saturated carbocycles. The molecule has 0 aliphatic carbocycles. The van der Waals surface area contributed by atoms with Crippen molar-refractivity contribution in [2.24, 2.45) is 16.6 Å². The molecule has 1 aliphatic heterocycles. The van der Waals surface area contributed by atoms with Crippen LogP contribution in [0.2, 0.25) is 0 Å². The first kappa shape index (κ1) is 26.8. The van der Waals surface area contributed by atoms with Crippen LogP contribution in [0.4, 0.5) is 20.3 Å². The highest BCUT2D eigenvalue weighted by molar-refractivity contribution is 8.15. The van der Waals surface area contributed by atoms with Crippen molar-refractivity contribution in [3.63, 3.8) is 0 Å². The summed E-state index contributed by atoms with van der Waals surface area (Å²) in [4.78, 5) is 21.8. The third kappa shape index (κ3) is 5.11. The monoisotopic (exact) mass is 555 g/mol. The number of nitrogens with zero attached hydrogens (tertiary/aromatic N) is 5. The molecule has 3 N–H and O–H groups in total. The first-order valence-electron chi connectivity index (χ1n) is 12.0. The van der Waals surface area contributed by atoms with Crippen LogP contribution in [-0.2, 0) is 16.9 Å². The summed E-state index contributed by atoms with van der Waals surface area (Å²) in [5, 5.41) is 3.34. The third-order valence-corrected chi connectivity index (χ3v) is 8.23. The number of aromatic nitrogens is 4. The van der Waals surface area contributed by atoms with Gasteiger partial charge in [0.25, 0.3) is 0 Å². The summed E-state index contributed by atoms with van der Waals surface area (Å²) in [7, 11) is 1.59. The lowest BCUT2D eigenvalue weighted by molar-refractivity contribution is 0.124. The van der Waals surface area contributed by atoms with Crippen molar-refractivity contribution in [1.82, 2.24) is 19.9 Å². The van der Waals surface area contributed by atoms with Crippen molar-refractivity contribution < 1.29 is 22.7 Å². The number of fused-ring (bicyclic) bond motifs is 1. The number of hydrogen-bond donors (Lipinski definition) is 2. The molecule has 13 heteroatoms. The van der Waals surface area contributed by atoms with Gasteiger partial charge in [-0.2, -0.15) is 0 Å². The largest absolute Gasteiger partial charge is 0.470 e. The maximum absolute atomic E-state index is 15.3. The number of anilines is 2. The SMILES string of the molecule is COC[C@@]1(C)SC(N)=N[C@](C)(c2cc(Nc3nccc4nc(OCc5cocn5)cnc34)cc(F)c2F)[C@@H]1C. The van der Waals surface area contributed by atoms with Crippen LogP contribution in [-0.4, -0.2) is 43.6 Å². The van der Waals surface area contributed by atoms with Crippen LogP contribution < -0.4 is 15.8 Å². The van der Waals surface area contributed by atoms with Gasteiger partial charge in [0.1, 0.15) is 24.1 Å². The standard InChI is InChI=1S/C26H27F2N7O3S/c1-14-25(2,12-36-4)39-24(29)35-26(14,3)17-7-15(8-18(27)21(17)28)33-23-22-19(5-6-30-23)34-20(9-31-22)38-11-16-10-37-13-32-16/h5-10,13-14H,11-12H2,1-4H3,(H2,29,35)(H,30,33)/t14-,25-,26+/m1/s1. The van der Waals surface area contributed by atoms with Gasteiger partial charge in [-0.1, -0.05) is 18.7 Å². The van der Waals surface area contributed by atoms with Gasteiger partial charge in [0.05, 0.1) is 23.9 Å². The number of rotatable bonds is 8. The highest BCUT2D eigenvalue weighted by atomic mass is 32.2. The molecule has 10 nitrogen and oxygen atoms in total. The van der Waals surface area contributed by atoms with Crippen molar-refractivity contribution in [1.29, 1.82) is 0 Å². The van der Waals surface area contributed by atoms with Crippen LogP contribution in [0.1, 0.15) is 32.0 Å². The molecule has 0 bridgehead atoms. The number of oxazole rings is 1. The summed E-state index contributed by atoms with van der Waals surface area (Å²) in [5.74, 6) is -1.69. The zero-order chi connectivity index (χ0) is 27.8. The quantitative estimate of drug-likeness (QED) is 0.308. The van der Waals surface area contributed by atoms with E-state index in [9.17, 15) is 4.39 Å². The zero-order valence-corrected chi connectivity index (χ0v) is 22.6. The van der Waals surface area contributed by atoms with Gasteiger partial charge in [-0.3, -0.25) is 4.99 Å². The van der Waals surface area contributed by atoms with E-state index in [2.05, 4.69) is 30.2 Å². The van der Waals surface area contributed by atoms with E-state index in [1.807, 2.05) is 13.8 Å². The molecule has 0 amide bonds. The van der Waals surface area contributed by atoms with E-state index in [1.54, 1.807) is 20.1 Å². The lowest BCUT2D eigenvalue weighted by atomic mass is 9.74. The van der Waals surface area contributed by atoms with Crippen molar-refractivity contribution in [2.75, 3.05) is 19.0 Å². The average molecular weight is 556 g/mol. The molecule has 5 rings (SSSR count). The van der Waals surface area contributed by atoms with Crippen LogP contribution >= 0.6 is 11.8 Å². The van der Waals surface area contributed by atoms with E-state index in [0.29, 0.717) is 29.2 Å². The molecule has 3 atom stereocenters. The van der Waals surface area contributed by atoms with Gasteiger partial charge in [0.2, 0.25) is 5.88 Å². The van der Waals surface area contributed by atoms with Crippen LogP contribution in [0.3, 0.4) is 0 Å². The number of nitrogens with one attached hydrogen (secondary N) is 1. The van der Waals surface area contributed by atoms with E-state index in [4.69, 9.17) is 19.6 Å². The molecule has 0 unspecified atom stereocenters. The summed E-state index contributed by atoms with van der Waals surface area (Å²) >= 11 is 1.37. The van der Waals surface area contributed by atoms with E-state index < -0.39 is 21.9 Å². The molecule has 1 aromatic carbocycles. The molecule has 39 heavy (non-hydrogen) atoms. The Kier molecular flexibility index (Phi) is 7.12. The molecule has 4 aromatic rings. The molecule has 204 valence electrons. The van der Waals surface area contributed by atoms with Gasteiger partial charge in [0.15, 0.2) is 29.0 Å². The molecule has 1 aliphatic rings. The lowest BCUT2D eigenvalue weighted by Crippen LogP contribution is -2.50. The molecular formula is C26H27F2N7O3S. The van der Waals surface area contributed by atoms with Crippen LogP contribution in [0.5, 0.6) is 5.88 Å². The Morgan fingerprint density at radius 2 is 2.03 bits per heavy atom. The fourth-order valence-corrected chi connectivity index (χ4v) is 6.01. The van der Waals surface area contributed by atoms with Crippen molar-refractivity contribution in [3.8, 4) is 5.88 Å². The first-order chi connectivity index (χ1) is 18.6. The van der Waals surface area contributed by atoms with E-state index in [0.717, 1.165) is 6.07 Å². The van der Waals surface area contributed by atoms with E-state index in [-0.39, 0.29) is 34.8 Å². The number of hydrogen-bond acceptors (Lipinski definition) is 11. The second kappa shape index (κ2) is 10.4. The van der Waals surface area contributed by atoms with E-state index in [1.165, 1.54) is 42.9 Å². The van der Waals surface area contributed by atoms with Gasteiger partial charge in [-0.25, -0.2) is 28.7 Å². The Bertz CT molecular complexity index is 1540. The number of methoxy groups -OCH3 is 1. The number of amidine groups is 1. The number of pyridine rings is 1. The molecule has 3 aromatic heterocycles. The second-order valence-corrected chi connectivity index (χ2v) is 11.2. The molecule has 0 saturated heterocycles. The lowest BCUT2D eigenvalue weighted by Gasteiger charge is -2.47. The smallest absolute Gasteiger partial charge is 0.233 e. The summed E-state index contributed by atoms with van der Waals surface area (Å²) < 4.78 is 45.8. The predicted molar refractivity (Wildman–Crippen MR) is 144 cm³/mol. The number of thioether (sulfide) groups is 1. The maximum atomic E-state index is 15.3. The summed E-state index contributed by atoms with van der Waals surface area (Å²) in [6, 6.07) is 4.26. The molecule has 0 radical (unpaired) electrons. The third-order valence-electron chi connectivity index (χ3n) is 7.00. The van der Waals surface area contributed by atoms with E-state index >= 15 is 4.39 Å². The van der Waals surface area contributed by atoms with Gasteiger partial charge in [-0.05, 0) is 26.0 Å². The topological polar surface area (TPSA) is 134 Å². The minimum Gasteiger partial charge on any atom is -0.470 e. The van der Waals surface area contributed by atoms with Crippen molar-refractivity contribution in [3.05, 3.63) is 66.1 Å². The van der Waals surface area contributed by atoms with Crippen LogP contribution in [0, 0.1) is 17.6 Å². The predicted octanol–water partition coefficient (Wildman–Crippen LogP) is 4.93. The summed E-state index contributed by atoms with van der Waals surface area (Å²) in [5.41, 5.74) is 6.87. The summed E-state index contributed by atoms with van der Waals surface area (Å²) in [6.45, 7) is 6.18. The number of halogens is 2.